The molecule has 118 valence electrons. The van der Waals surface area contributed by atoms with Crippen molar-refractivity contribution in [2.75, 3.05) is 0 Å². The largest absolute Gasteiger partial charge is 0.479 e. The summed E-state index contributed by atoms with van der Waals surface area (Å²) in [7, 11) is 0. The van der Waals surface area contributed by atoms with Crippen LogP contribution in [-0.2, 0) is 4.74 Å². The van der Waals surface area contributed by atoms with E-state index in [2.05, 4.69) is 25.3 Å². The number of hydrogen-bond donors (Lipinski definition) is 3. The predicted octanol–water partition coefficient (Wildman–Crippen LogP) is 2.16. The average Bonchev–Trinajstić information content (AvgIpc) is 2.86. The summed E-state index contributed by atoms with van der Waals surface area (Å²) in [5.74, 6) is 0.578. The molecule has 0 fully saturated rings. The van der Waals surface area contributed by atoms with Gasteiger partial charge in [-0.15, -0.1) is 0 Å². The van der Waals surface area contributed by atoms with E-state index in [9.17, 15) is 4.79 Å². The van der Waals surface area contributed by atoms with Crippen LogP contribution in [0, 0.1) is 0 Å². The van der Waals surface area contributed by atoms with Gasteiger partial charge < -0.3 is 20.1 Å². The molecule has 0 aliphatic heterocycles. The van der Waals surface area contributed by atoms with E-state index in [0.717, 1.165) is 0 Å². The summed E-state index contributed by atoms with van der Waals surface area (Å²) in [6.45, 7) is 7.19. The van der Waals surface area contributed by atoms with E-state index in [1.165, 1.54) is 12.4 Å². The molecule has 2 heterocycles. The van der Waals surface area contributed by atoms with Gasteiger partial charge in [-0.2, -0.15) is 0 Å². The highest BCUT2D eigenvalue weighted by atomic mass is 16.6. The first-order chi connectivity index (χ1) is 10.2. The summed E-state index contributed by atoms with van der Waals surface area (Å²) in [5.41, 5.74) is 0.815. The first-order valence-corrected chi connectivity index (χ1v) is 6.80. The number of H-pyrrole nitrogens is 1. The minimum atomic E-state index is -0.554. The Morgan fingerprint density at radius 1 is 1.27 bits per heavy atom. The van der Waals surface area contributed by atoms with Crippen LogP contribution in [0.2, 0.25) is 0 Å². The Morgan fingerprint density at radius 3 is 2.50 bits per heavy atom. The molecule has 0 aromatic carbocycles. The number of amides is 1. The highest BCUT2D eigenvalue weighted by Gasteiger charge is 2.19. The smallest absolute Gasteiger partial charge is 0.408 e. The first kappa shape index (κ1) is 15.7. The van der Waals surface area contributed by atoms with E-state index >= 15 is 0 Å². The number of aromatic amines is 1. The predicted molar refractivity (Wildman–Crippen MR) is 79.1 cm³/mol. The number of aromatic nitrogens is 4. The van der Waals surface area contributed by atoms with Gasteiger partial charge in [0.1, 0.15) is 11.4 Å². The number of carbonyl (C=O) groups excluding carboxylic acids is 1. The molecule has 0 unspecified atom stereocenters. The second kappa shape index (κ2) is 6.00. The summed E-state index contributed by atoms with van der Waals surface area (Å²) in [6.07, 6.45) is 4.06. The summed E-state index contributed by atoms with van der Waals surface area (Å²) in [4.78, 5) is 26.4. The van der Waals surface area contributed by atoms with Crippen LogP contribution in [0.5, 0.6) is 6.01 Å². The molecule has 3 N–H and O–H groups in total. The normalized spacial score (nSPS) is 12.7. The third kappa shape index (κ3) is 4.18. The summed E-state index contributed by atoms with van der Waals surface area (Å²) in [6, 6.07) is -0.634. The van der Waals surface area contributed by atoms with Gasteiger partial charge in [-0.25, -0.2) is 19.7 Å². The van der Waals surface area contributed by atoms with Gasteiger partial charge in [0.05, 0.1) is 17.9 Å². The van der Waals surface area contributed by atoms with E-state index in [4.69, 9.17) is 9.84 Å². The molecule has 0 aliphatic carbocycles. The minimum absolute atomic E-state index is 0.288. The molecule has 2 aromatic rings. The number of ether oxygens (including phenoxy) is 1. The quantitative estimate of drug-likeness (QED) is 0.801. The molecular formula is C14H19N5O3. The number of nitrogens with one attached hydrogen (secondary N) is 2. The number of rotatable bonds is 3. The Kier molecular flexibility index (Phi) is 4.30. The lowest BCUT2D eigenvalue weighted by Gasteiger charge is -2.21. The van der Waals surface area contributed by atoms with E-state index in [-0.39, 0.29) is 12.1 Å². The molecule has 2 rings (SSSR count). The third-order valence-electron chi connectivity index (χ3n) is 2.69. The van der Waals surface area contributed by atoms with E-state index in [0.29, 0.717) is 17.1 Å². The number of aromatic hydroxyl groups is 1. The zero-order chi connectivity index (χ0) is 16.3. The van der Waals surface area contributed by atoms with Crippen LogP contribution >= 0.6 is 0 Å². The maximum atomic E-state index is 11.7. The zero-order valence-electron chi connectivity index (χ0n) is 12.9. The van der Waals surface area contributed by atoms with Crippen molar-refractivity contribution in [2.45, 2.75) is 39.3 Å². The lowest BCUT2D eigenvalue weighted by atomic mass is 10.2. The SMILES string of the molecule is C[C@H](NC(=O)OC(C)(C)C)c1ncc(-c2cnc(O)nc2)[nH]1. The van der Waals surface area contributed by atoms with E-state index < -0.39 is 11.7 Å². The van der Waals surface area contributed by atoms with Crippen molar-refractivity contribution in [3.63, 3.8) is 0 Å². The lowest BCUT2D eigenvalue weighted by molar-refractivity contribution is 0.0506. The van der Waals surface area contributed by atoms with Crippen molar-refractivity contribution >= 4 is 6.09 Å². The molecule has 0 saturated heterocycles. The van der Waals surface area contributed by atoms with Gasteiger partial charge in [-0.3, -0.25) is 0 Å². The molecule has 0 saturated carbocycles. The van der Waals surface area contributed by atoms with Crippen LogP contribution < -0.4 is 5.32 Å². The Balaban J connectivity index is 2.04. The van der Waals surface area contributed by atoms with Crippen molar-refractivity contribution in [1.29, 1.82) is 0 Å². The Morgan fingerprint density at radius 2 is 1.91 bits per heavy atom. The van der Waals surface area contributed by atoms with Crippen LogP contribution in [0.25, 0.3) is 11.3 Å². The lowest BCUT2D eigenvalue weighted by Crippen LogP contribution is -2.34. The van der Waals surface area contributed by atoms with E-state index in [1.54, 1.807) is 33.9 Å². The molecule has 0 aliphatic rings. The van der Waals surface area contributed by atoms with Crippen molar-refractivity contribution in [1.82, 2.24) is 25.3 Å². The number of hydrogen-bond acceptors (Lipinski definition) is 6. The Hall–Kier alpha value is -2.64. The standard InChI is InChI=1S/C14H19N5O3/c1-8(18-13(21)22-14(2,3)4)11-15-7-10(19-11)9-5-16-12(20)17-6-9/h5-8H,1-4H3,(H,15,19)(H,18,21)(H,16,17,20)/t8-/m0/s1. The molecule has 0 radical (unpaired) electrons. The number of imidazole rings is 1. The van der Waals surface area contributed by atoms with Crippen LogP contribution in [-0.4, -0.2) is 36.7 Å². The van der Waals surface area contributed by atoms with Gasteiger partial charge in [-0.1, -0.05) is 0 Å². The monoisotopic (exact) mass is 305 g/mol. The van der Waals surface area contributed by atoms with Gasteiger partial charge in [0.15, 0.2) is 0 Å². The first-order valence-electron chi connectivity index (χ1n) is 6.80. The number of alkyl carbamates (subject to hydrolysis) is 1. The van der Waals surface area contributed by atoms with E-state index in [1.807, 2.05) is 0 Å². The van der Waals surface area contributed by atoms with Gasteiger partial charge in [0.2, 0.25) is 0 Å². The molecule has 0 bridgehead atoms. The van der Waals surface area contributed by atoms with Crippen LogP contribution in [0.1, 0.15) is 39.6 Å². The second-order valence-electron chi connectivity index (χ2n) is 5.82. The summed E-state index contributed by atoms with van der Waals surface area (Å²) in [5, 5.41) is 11.8. The maximum Gasteiger partial charge on any atom is 0.408 e. The fourth-order valence-corrected chi connectivity index (χ4v) is 1.72. The Labute approximate surface area is 128 Å². The van der Waals surface area contributed by atoms with Gasteiger partial charge in [0.25, 0.3) is 0 Å². The van der Waals surface area contributed by atoms with Crippen molar-refractivity contribution < 1.29 is 14.6 Å². The average molecular weight is 305 g/mol. The molecule has 0 spiro atoms. The number of nitrogens with zero attached hydrogens (tertiary/aromatic N) is 3. The zero-order valence-corrected chi connectivity index (χ0v) is 12.9. The fraction of sp³-hybridized carbons (Fsp3) is 0.429. The van der Waals surface area contributed by atoms with Crippen molar-refractivity contribution in [2.24, 2.45) is 0 Å². The molecule has 22 heavy (non-hydrogen) atoms. The summed E-state index contributed by atoms with van der Waals surface area (Å²) < 4.78 is 5.19. The molecule has 2 aromatic heterocycles. The van der Waals surface area contributed by atoms with Gasteiger partial charge >= 0.3 is 12.1 Å². The van der Waals surface area contributed by atoms with Gasteiger partial charge in [-0.05, 0) is 27.7 Å². The number of carbonyl (C=O) groups is 1. The highest BCUT2D eigenvalue weighted by Crippen LogP contribution is 2.19. The van der Waals surface area contributed by atoms with Crippen LogP contribution in [0.3, 0.4) is 0 Å². The molecule has 8 heteroatoms. The van der Waals surface area contributed by atoms with Gasteiger partial charge in [0, 0.05) is 18.0 Å². The minimum Gasteiger partial charge on any atom is -0.479 e. The topological polar surface area (TPSA) is 113 Å². The molecular weight excluding hydrogens is 286 g/mol. The highest BCUT2D eigenvalue weighted by molar-refractivity contribution is 5.68. The third-order valence-corrected chi connectivity index (χ3v) is 2.69. The van der Waals surface area contributed by atoms with Crippen molar-refractivity contribution in [3.05, 3.63) is 24.4 Å². The maximum absolute atomic E-state index is 11.7. The van der Waals surface area contributed by atoms with Crippen LogP contribution in [0.4, 0.5) is 4.79 Å². The van der Waals surface area contributed by atoms with Crippen LogP contribution in [0.15, 0.2) is 18.6 Å². The molecule has 8 nitrogen and oxygen atoms in total. The molecule has 1 amide bonds. The van der Waals surface area contributed by atoms with Crippen molar-refractivity contribution in [3.8, 4) is 17.3 Å². The molecule has 1 atom stereocenters. The fourth-order valence-electron chi connectivity index (χ4n) is 1.72. The summed E-state index contributed by atoms with van der Waals surface area (Å²) >= 11 is 0. The second-order valence-corrected chi connectivity index (χ2v) is 5.82. The Bertz CT molecular complexity index is 645.